The second-order valence-corrected chi connectivity index (χ2v) is 4.11. The molecule has 0 aliphatic carbocycles. The van der Waals surface area contributed by atoms with Crippen LogP contribution in [0.15, 0.2) is 0 Å². The zero-order valence-electron chi connectivity index (χ0n) is 9.55. The van der Waals surface area contributed by atoms with Gasteiger partial charge in [0.05, 0.1) is 5.60 Å². The molecule has 4 nitrogen and oxygen atoms in total. The van der Waals surface area contributed by atoms with E-state index < -0.39 is 5.60 Å². The van der Waals surface area contributed by atoms with Gasteiger partial charge in [0.15, 0.2) is 0 Å². The van der Waals surface area contributed by atoms with Crippen molar-refractivity contribution in [3.63, 3.8) is 0 Å². The second-order valence-electron chi connectivity index (χ2n) is 4.11. The molecule has 0 aromatic carbocycles. The molecule has 1 atom stereocenters. The van der Waals surface area contributed by atoms with E-state index in [0.717, 1.165) is 0 Å². The zero-order chi connectivity index (χ0) is 11.2. The molecule has 0 radical (unpaired) electrons. The highest BCUT2D eigenvalue weighted by atomic mass is 16.3. The molecular weight excluding hydrogens is 180 g/mol. The summed E-state index contributed by atoms with van der Waals surface area (Å²) in [7, 11) is 1.62. The molecule has 0 bridgehead atoms. The van der Waals surface area contributed by atoms with Gasteiger partial charge >= 0.3 is 0 Å². The van der Waals surface area contributed by atoms with Crippen LogP contribution in [-0.4, -0.2) is 36.8 Å². The standard InChI is InChI=1S/C10H22N2O2/c1-8(2)10(3,14)7-12-6-5-9(13)11-4/h8,12,14H,5-7H2,1-4H3,(H,11,13). The van der Waals surface area contributed by atoms with Gasteiger partial charge in [-0.05, 0) is 12.8 Å². The molecule has 0 aromatic heterocycles. The van der Waals surface area contributed by atoms with Crippen LogP contribution in [0.1, 0.15) is 27.2 Å². The van der Waals surface area contributed by atoms with E-state index in [4.69, 9.17) is 0 Å². The van der Waals surface area contributed by atoms with E-state index in [1.165, 1.54) is 0 Å². The Labute approximate surface area is 86.1 Å². The summed E-state index contributed by atoms with van der Waals surface area (Å²) in [6, 6.07) is 0. The van der Waals surface area contributed by atoms with Crippen LogP contribution in [0, 0.1) is 5.92 Å². The lowest BCUT2D eigenvalue weighted by Gasteiger charge is -2.27. The predicted molar refractivity (Wildman–Crippen MR) is 57.0 cm³/mol. The quantitative estimate of drug-likeness (QED) is 0.536. The molecule has 14 heavy (non-hydrogen) atoms. The molecule has 1 amide bonds. The van der Waals surface area contributed by atoms with Crippen molar-refractivity contribution in [2.24, 2.45) is 5.92 Å². The van der Waals surface area contributed by atoms with Crippen molar-refractivity contribution in [1.82, 2.24) is 10.6 Å². The first-order valence-corrected chi connectivity index (χ1v) is 5.04. The minimum atomic E-state index is -0.706. The molecule has 0 saturated carbocycles. The van der Waals surface area contributed by atoms with Crippen molar-refractivity contribution >= 4 is 5.91 Å². The fourth-order valence-corrected chi connectivity index (χ4v) is 0.873. The van der Waals surface area contributed by atoms with E-state index in [1.807, 2.05) is 13.8 Å². The van der Waals surface area contributed by atoms with E-state index in [9.17, 15) is 9.90 Å². The Hall–Kier alpha value is -0.610. The van der Waals surface area contributed by atoms with Crippen LogP contribution < -0.4 is 10.6 Å². The van der Waals surface area contributed by atoms with Crippen LogP contribution in [0.5, 0.6) is 0 Å². The molecule has 0 rings (SSSR count). The zero-order valence-corrected chi connectivity index (χ0v) is 9.55. The van der Waals surface area contributed by atoms with E-state index in [2.05, 4.69) is 10.6 Å². The number of hydrogen-bond acceptors (Lipinski definition) is 3. The lowest BCUT2D eigenvalue weighted by atomic mass is 9.92. The van der Waals surface area contributed by atoms with Crippen LogP contribution in [0.3, 0.4) is 0 Å². The summed E-state index contributed by atoms with van der Waals surface area (Å²) in [4.78, 5) is 10.9. The van der Waals surface area contributed by atoms with E-state index >= 15 is 0 Å². The molecule has 0 aliphatic rings. The van der Waals surface area contributed by atoms with Gasteiger partial charge in [-0.15, -0.1) is 0 Å². The first-order valence-electron chi connectivity index (χ1n) is 5.04. The topological polar surface area (TPSA) is 61.4 Å². The number of nitrogens with one attached hydrogen (secondary N) is 2. The Morgan fingerprint density at radius 2 is 2.07 bits per heavy atom. The van der Waals surface area contributed by atoms with Crippen LogP contribution in [0.4, 0.5) is 0 Å². The van der Waals surface area contributed by atoms with Crippen molar-refractivity contribution in [3.05, 3.63) is 0 Å². The number of amides is 1. The lowest BCUT2D eigenvalue weighted by Crippen LogP contribution is -2.43. The van der Waals surface area contributed by atoms with E-state index in [1.54, 1.807) is 14.0 Å². The van der Waals surface area contributed by atoms with Crippen molar-refractivity contribution in [2.45, 2.75) is 32.8 Å². The third-order valence-electron chi connectivity index (χ3n) is 2.53. The third-order valence-corrected chi connectivity index (χ3v) is 2.53. The Bertz CT molecular complexity index is 179. The molecule has 3 N–H and O–H groups in total. The largest absolute Gasteiger partial charge is 0.389 e. The third kappa shape index (κ3) is 5.19. The van der Waals surface area contributed by atoms with Crippen LogP contribution >= 0.6 is 0 Å². The monoisotopic (exact) mass is 202 g/mol. The van der Waals surface area contributed by atoms with Gasteiger partial charge in [-0.3, -0.25) is 4.79 Å². The lowest BCUT2D eigenvalue weighted by molar-refractivity contribution is -0.120. The number of rotatable bonds is 6. The van der Waals surface area contributed by atoms with Crippen molar-refractivity contribution in [3.8, 4) is 0 Å². The van der Waals surface area contributed by atoms with E-state index in [-0.39, 0.29) is 11.8 Å². The van der Waals surface area contributed by atoms with Crippen molar-refractivity contribution < 1.29 is 9.90 Å². The summed E-state index contributed by atoms with van der Waals surface area (Å²) >= 11 is 0. The van der Waals surface area contributed by atoms with Crippen molar-refractivity contribution in [1.29, 1.82) is 0 Å². The molecule has 1 unspecified atom stereocenters. The van der Waals surface area contributed by atoms with Gasteiger partial charge in [-0.1, -0.05) is 13.8 Å². The summed E-state index contributed by atoms with van der Waals surface area (Å²) < 4.78 is 0. The highest BCUT2D eigenvalue weighted by Gasteiger charge is 2.23. The SMILES string of the molecule is CNC(=O)CCNCC(C)(O)C(C)C. The number of carbonyl (C=O) groups is 1. The summed E-state index contributed by atoms with van der Waals surface area (Å²) in [6.45, 7) is 6.86. The minimum Gasteiger partial charge on any atom is -0.389 e. The molecule has 84 valence electrons. The Balaban J connectivity index is 3.59. The molecule has 0 fully saturated rings. The van der Waals surface area contributed by atoms with Gasteiger partial charge < -0.3 is 15.7 Å². The van der Waals surface area contributed by atoms with Crippen LogP contribution in [0.25, 0.3) is 0 Å². The predicted octanol–water partition coefficient (Wildman–Crippen LogP) is 0.119. The van der Waals surface area contributed by atoms with Gasteiger partial charge in [0.1, 0.15) is 0 Å². The summed E-state index contributed by atoms with van der Waals surface area (Å²) in [6.07, 6.45) is 0.449. The average Bonchev–Trinajstić information content (AvgIpc) is 2.11. The highest BCUT2D eigenvalue weighted by Crippen LogP contribution is 2.14. The number of hydrogen-bond donors (Lipinski definition) is 3. The highest BCUT2D eigenvalue weighted by molar-refractivity contribution is 5.75. The van der Waals surface area contributed by atoms with Gasteiger partial charge in [0.2, 0.25) is 5.91 Å². The van der Waals surface area contributed by atoms with E-state index in [0.29, 0.717) is 19.5 Å². The molecule has 0 heterocycles. The summed E-state index contributed by atoms with van der Waals surface area (Å²) in [5.41, 5.74) is -0.706. The molecule has 0 aromatic rings. The minimum absolute atomic E-state index is 0.0155. The molecular formula is C10H22N2O2. The first kappa shape index (κ1) is 13.4. The molecule has 0 saturated heterocycles. The Morgan fingerprint density at radius 1 is 1.50 bits per heavy atom. The second kappa shape index (κ2) is 5.98. The van der Waals surface area contributed by atoms with Crippen LogP contribution in [0.2, 0.25) is 0 Å². The maximum atomic E-state index is 10.9. The maximum Gasteiger partial charge on any atom is 0.221 e. The number of aliphatic hydroxyl groups is 1. The summed E-state index contributed by atoms with van der Waals surface area (Å²) in [5.74, 6) is 0.219. The fraction of sp³-hybridized carbons (Fsp3) is 0.900. The molecule has 0 aliphatic heterocycles. The average molecular weight is 202 g/mol. The fourth-order valence-electron chi connectivity index (χ4n) is 0.873. The number of carbonyl (C=O) groups excluding carboxylic acids is 1. The maximum absolute atomic E-state index is 10.9. The van der Waals surface area contributed by atoms with Gasteiger partial charge in [-0.25, -0.2) is 0 Å². The van der Waals surface area contributed by atoms with Gasteiger partial charge in [-0.2, -0.15) is 0 Å². The molecule has 0 spiro atoms. The normalized spacial score (nSPS) is 15.3. The Morgan fingerprint density at radius 3 is 2.50 bits per heavy atom. The smallest absolute Gasteiger partial charge is 0.221 e. The summed E-state index contributed by atoms with van der Waals surface area (Å²) in [5, 5.41) is 15.5. The first-order chi connectivity index (χ1) is 6.40. The van der Waals surface area contributed by atoms with Gasteiger partial charge in [0.25, 0.3) is 0 Å². The molecule has 4 heteroatoms. The van der Waals surface area contributed by atoms with Crippen molar-refractivity contribution in [2.75, 3.05) is 20.1 Å². The van der Waals surface area contributed by atoms with Gasteiger partial charge in [0, 0.05) is 26.6 Å². The Kier molecular flexibility index (Phi) is 5.72. The van der Waals surface area contributed by atoms with Crippen LogP contribution in [-0.2, 0) is 4.79 Å².